The molecule has 0 aliphatic carbocycles. The molecule has 0 aliphatic rings. The van der Waals surface area contributed by atoms with E-state index in [1.165, 1.54) is 22.3 Å². The molecule has 27 heavy (non-hydrogen) atoms. The van der Waals surface area contributed by atoms with Gasteiger partial charge >= 0.3 is 0 Å². The minimum absolute atomic E-state index is 0.499. The first-order valence-corrected chi connectivity index (χ1v) is 9.65. The van der Waals surface area contributed by atoms with E-state index < -0.39 is 0 Å². The highest BCUT2D eigenvalue weighted by atomic mass is 35.5. The Kier molecular flexibility index (Phi) is 4.58. The van der Waals surface area contributed by atoms with Crippen LogP contribution in [0.15, 0.2) is 42.7 Å². The van der Waals surface area contributed by atoms with Crippen molar-refractivity contribution < 1.29 is 0 Å². The predicted octanol–water partition coefficient (Wildman–Crippen LogP) is 6.96. The number of hydrogen-bond acceptors (Lipinski definition) is 2. The van der Waals surface area contributed by atoms with Gasteiger partial charge in [0.05, 0.1) is 15.7 Å². The Morgan fingerprint density at radius 1 is 1.00 bits per heavy atom. The highest BCUT2D eigenvalue weighted by Gasteiger charge is 2.14. The second kappa shape index (κ2) is 6.79. The molecule has 136 valence electrons. The van der Waals surface area contributed by atoms with Gasteiger partial charge in [0.1, 0.15) is 5.65 Å². The molecule has 0 bridgehead atoms. The van der Waals surface area contributed by atoms with Crippen molar-refractivity contribution in [2.45, 2.75) is 20.8 Å². The minimum Gasteiger partial charge on any atom is -0.339 e. The van der Waals surface area contributed by atoms with Crippen molar-refractivity contribution in [1.82, 2.24) is 14.4 Å². The summed E-state index contributed by atoms with van der Waals surface area (Å²) in [6, 6.07) is 9.93. The molecule has 0 aliphatic heterocycles. The van der Waals surface area contributed by atoms with E-state index in [2.05, 4.69) is 42.9 Å². The molecule has 4 rings (SSSR count). The Hall–Kier alpha value is -2.14. The van der Waals surface area contributed by atoms with Crippen LogP contribution in [0.1, 0.15) is 16.7 Å². The largest absolute Gasteiger partial charge is 0.339 e. The molecule has 3 nitrogen and oxygen atoms in total. The van der Waals surface area contributed by atoms with Crippen LogP contribution in [0, 0.1) is 25.5 Å². The van der Waals surface area contributed by atoms with Gasteiger partial charge in [-0.3, -0.25) is 4.40 Å². The zero-order valence-electron chi connectivity index (χ0n) is 15.1. The number of nitrogens with one attached hydrogen (secondary N) is 1. The molecule has 2 aromatic carbocycles. The van der Waals surface area contributed by atoms with Crippen molar-refractivity contribution in [2.75, 3.05) is 0 Å². The second-order valence-electron chi connectivity index (χ2n) is 6.74. The molecule has 0 amide bonds. The van der Waals surface area contributed by atoms with E-state index in [9.17, 15) is 0 Å². The summed E-state index contributed by atoms with van der Waals surface area (Å²) >= 11 is 17.7. The molecule has 4 aromatic rings. The molecule has 2 aromatic heterocycles. The van der Waals surface area contributed by atoms with E-state index in [0.717, 1.165) is 22.5 Å². The number of nitrogens with zero attached hydrogens (tertiary/aromatic N) is 2. The van der Waals surface area contributed by atoms with Gasteiger partial charge in [-0.1, -0.05) is 47.0 Å². The number of fused-ring (bicyclic) bond motifs is 1. The predicted molar refractivity (Wildman–Crippen MR) is 115 cm³/mol. The van der Waals surface area contributed by atoms with Crippen LogP contribution < -0.4 is 0 Å². The van der Waals surface area contributed by atoms with Gasteiger partial charge in [-0.05, 0) is 61.8 Å². The lowest BCUT2D eigenvalue weighted by molar-refractivity contribution is 1.06. The smallest absolute Gasteiger partial charge is 0.205 e. The van der Waals surface area contributed by atoms with Gasteiger partial charge in [-0.15, -0.1) is 0 Å². The summed E-state index contributed by atoms with van der Waals surface area (Å²) in [4.78, 5) is 7.93. The molecular formula is C21H17Cl2N3S. The third-order valence-corrected chi connectivity index (χ3v) is 5.74. The third kappa shape index (κ3) is 3.18. The van der Waals surface area contributed by atoms with Gasteiger partial charge in [0.25, 0.3) is 0 Å². The number of imidazole rings is 1. The zero-order chi connectivity index (χ0) is 19.3. The van der Waals surface area contributed by atoms with Gasteiger partial charge in [0.15, 0.2) is 0 Å². The molecule has 0 atom stereocenters. The van der Waals surface area contributed by atoms with Crippen molar-refractivity contribution in [1.29, 1.82) is 0 Å². The topological polar surface area (TPSA) is 33.1 Å². The van der Waals surface area contributed by atoms with Crippen LogP contribution in [0.4, 0.5) is 0 Å². The Morgan fingerprint density at radius 3 is 2.37 bits per heavy atom. The van der Waals surface area contributed by atoms with Crippen molar-refractivity contribution in [3.8, 4) is 22.4 Å². The van der Waals surface area contributed by atoms with Crippen molar-refractivity contribution >= 4 is 41.1 Å². The van der Waals surface area contributed by atoms with Crippen LogP contribution in [-0.4, -0.2) is 14.4 Å². The van der Waals surface area contributed by atoms with E-state index in [1.54, 1.807) is 6.07 Å². The normalized spacial score (nSPS) is 11.3. The summed E-state index contributed by atoms with van der Waals surface area (Å²) in [5.41, 5.74) is 8.59. The monoisotopic (exact) mass is 413 g/mol. The minimum atomic E-state index is 0.499. The molecular weight excluding hydrogens is 397 g/mol. The van der Waals surface area contributed by atoms with Crippen molar-refractivity contribution in [3.63, 3.8) is 0 Å². The molecule has 2 heterocycles. The van der Waals surface area contributed by atoms with Crippen LogP contribution in [-0.2, 0) is 0 Å². The van der Waals surface area contributed by atoms with Gasteiger partial charge in [-0.25, -0.2) is 4.98 Å². The Balaban J connectivity index is 1.99. The maximum absolute atomic E-state index is 6.19. The molecule has 1 N–H and O–H groups in total. The lowest BCUT2D eigenvalue weighted by Gasteiger charge is -2.12. The van der Waals surface area contributed by atoms with Crippen LogP contribution in [0.5, 0.6) is 0 Å². The number of hydrogen-bond donors (Lipinski definition) is 1. The SMILES string of the molecule is Cc1cc(C)c(-c2cnc(=S)n3cc(-c4ccc(Cl)c(Cl)c4)[nH]c23)c(C)c1. The first-order chi connectivity index (χ1) is 12.8. The number of benzene rings is 2. The van der Waals surface area contributed by atoms with Crippen LogP contribution >= 0.6 is 35.4 Å². The van der Waals surface area contributed by atoms with Crippen molar-refractivity contribution in [3.05, 3.63) is 74.2 Å². The quantitative estimate of drug-likeness (QED) is 0.360. The number of aromatic nitrogens is 3. The van der Waals surface area contributed by atoms with Gasteiger partial charge < -0.3 is 4.98 Å². The Bertz CT molecular complexity index is 1230. The van der Waals surface area contributed by atoms with E-state index in [4.69, 9.17) is 35.4 Å². The highest BCUT2D eigenvalue weighted by Crippen LogP contribution is 2.33. The average molecular weight is 414 g/mol. The average Bonchev–Trinajstić information content (AvgIpc) is 3.05. The number of aryl methyl sites for hydroxylation is 3. The lowest BCUT2D eigenvalue weighted by Crippen LogP contribution is -1.96. The van der Waals surface area contributed by atoms with Gasteiger partial charge in [-0.2, -0.15) is 0 Å². The number of halogens is 2. The maximum Gasteiger partial charge on any atom is 0.205 e. The summed E-state index contributed by atoms with van der Waals surface area (Å²) < 4.78 is 2.40. The first-order valence-electron chi connectivity index (χ1n) is 8.49. The summed E-state index contributed by atoms with van der Waals surface area (Å²) in [5, 5.41) is 1.04. The molecule has 6 heteroatoms. The fourth-order valence-corrected chi connectivity index (χ4v) is 4.10. The molecule has 0 saturated heterocycles. The third-order valence-electron chi connectivity index (χ3n) is 4.69. The van der Waals surface area contributed by atoms with Crippen LogP contribution in [0.2, 0.25) is 10.0 Å². The van der Waals surface area contributed by atoms with Crippen LogP contribution in [0.25, 0.3) is 28.0 Å². The Labute approximate surface area is 172 Å². The van der Waals surface area contributed by atoms with Crippen LogP contribution in [0.3, 0.4) is 0 Å². The number of rotatable bonds is 2. The molecule has 0 saturated carbocycles. The lowest BCUT2D eigenvalue weighted by atomic mass is 9.95. The fourth-order valence-electron chi connectivity index (χ4n) is 3.60. The standard InChI is InChI=1S/C21H17Cl2N3S/c1-11-6-12(2)19(13(3)7-11)15-9-24-21(27)26-10-18(25-20(15)26)14-4-5-16(22)17(23)8-14/h4-10,25H,1-3H3. The maximum atomic E-state index is 6.19. The summed E-state index contributed by atoms with van der Waals surface area (Å²) in [6.07, 6.45) is 3.80. The second-order valence-corrected chi connectivity index (χ2v) is 7.92. The summed E-state index contributed by atoms with van der Waals surface area (Å²) in [6.45, 7) is 6.35. The first kappa shape index (κ1) is 18.2. The fraction of sp³-hybridized carbons (Fsp3) is 0.143. The highest BCUT2D eigenvalue weighted by molar-refractivity contribution is 7.71. The van der Waals surface area contributed by atoms with Crippen molar-refractivity contribution in [2.24, 2.45) is 0 Å². The Morgan fingerprint density at radius 2 is 1.70 bits per heavy atom. The molecule has 0 unspecified atom stereocenters. The van der Waals surface area contributed by atoms with Gasteiger partial charge in [0, 0.05) is 23.5 Å². The molecule has 0 radical (unpaired) electrons. The van der Waals surface area contributed by atoms with E-state index in [-0.39, 0.29) is 0 Å². The molecule has 0 fully saturated rings. The van der Waals surface area contributed by atoms with E-state index >= 15 is 0 Å². The zero-order valence-corrected chi connectivity index (χ0v) is 17.4. The molecule has 0 spiro atoms. The van der Waals surface area contributed by atoms with E-state index in [1.807, 2.05) is 28.9 Å². The summed E-state index contributed by atoms with van der Waals surface area (Å²) in [7, 11) is 0. The number of H-pyrrole nitrogens is 1. The van der Waals surface area contributed by atoms with E-state index in [0.29, 0.717) is 14.8 Å². The van der Waals surface area contributed by atoms with Gasteiger partial charge in [0.2, 0.25) is 4.77 Å². The number of aromatic amines is 1. The summed E-state index contributed by atoms with van der Waals surface area (Å²) in [5.74, 6) is 0.